The van der Waals surface area contributed by atoms with E-state index in [0.29, 0.717) is 22.2 Å². The Labute approximate surface area is 180 Å². The molecule has 1 aromatic heterocycles. The Kier molecular flexibility index (Phi) is 7.04. The molecule has 1 fully saturated rings. The van der Waals surface area contributed by atoms with Gasteiger partial charge in [-0.1, -0.05) is 43.9 Å². The van der Waals surface area contributed by atoms with Gasteiger partial charge in [-0.2, -0.15) is 0 Å². The smallest absolute Gasteiger partial charge is 0.357 e. The molecule has 1 amide bonds. The predicted octanol–water partition coefficient (Wildman–Crippen LogP) is 3.94. The maximum atomic E-state index is 13.0. The molecule has 30 heavy (non-hydrogen) atoms. The average Bonchev–Trinajstić information content (AvgIpc) is 3.39. The molecule has 2 aromatic rings. The number of esters is 1. The summed E-state index contributed by atoms with van der Waals surface area (Å²) < 4.78 is 28.1. The third-order valence-electron chi connectivity index (χ3n) is 5.09. The van der Waals surface area contributed by atoms with Gasteiger partial charge in [0, 0.05) is 17.2 Å². The van der Waals surface area contributed by atoms with E-state index >= 15 is 0 Å². The predicted molar refractivity (Wildman–Crippen MR) is 116 cm³/mol. The van der Waals surface area contributed by atoms with Crippen molar-refractivity contribution in [1.29, 1.82) is 0 Å². The van der Waals surface area contributed by atoms with Crippen LogP contribution in [-0.2, 0) is 19.4 Å². The molecule has 1 aliphatic carbocycles. The van der Waals surface area contributed by atoms with Crippen LogP contribution in [0.3, 0.4) is 0 Å². The summed E-state index contributed by atoms with van der Waals surface area (Å²) >= 11 is 1.13. The largest absolute Gasteiger partial charge is 0.464 e. The van der Waals surface area contributed by atoms with E-state index in [1.54, 1.807) is 12.1 Å². The fourth-order valence-electron chi connectivity index (χ4n) is 3.45. The van der Waals surface area contributed by atoms with Crippen LogP contribution in [-0.4, -0.2) is 38.6 Å². The Morgan fingerprint density at radius 2 is 1.90 bits per heavy atom. The topological polar surface area (TPSA) is 102 Å². The van der Waals surface area contributed by atoms with Crippen LogP contribution < -0.4 is 5.32 Å². The molecule has 1 aliphatic rings. The summed E-state index contributed by atoms with van der Waals surface area (Å²) in [6.07, 6.45) is 8.54. The average molecular weight is 449 g/mol. The lowest BCUT2D eigenvalue weighted by atomic mass is 9.98. The van der Waals surface area contributed by atoms with E-state index in [2.05, 4.69) is 15.0 Å². The van der Waals surface area contributed by atoms with Gasteiger partial charge in [0.1, 0.15) is 0 Å². The van der Waals surface area contributed by atoms with E-state index in [0.717, 1.165) is 36.9 Å². The van der Waals surface area contributed by atoms with E-state index < -0.39 is 15.8 Å². The fraction of sp³-hybridized carbons (Fsp3) is 0.381. The molecule has 1 N–H and O–H groups in total. The number of carbonyl (C=O) groups is 2. The van der Waals surface area contributed by atoms with Crippen molar-refractivity contribution in [2.24, 2.45) is 5.92 Å². The lowest BCUT2D eigenvalue weighted by Crippen LogP contribution is -2.14. The molecule has 0 spiro atoms. The first-order valence-corrected chi connectivity index (χ1v) is 12.4. The molecule has 3 rings (SSSR count). The first kappa shape index (κ1) is 22.2. The molecule has 0 saturated heterocycles. The van der Waals surface area contributed by atoms with Crippen LogP contribution in [0.1, 0.15) is 48.2 Å². The first-order chi connectivity index (χ1) is 14.3. The molecule has 1 aromatic carbocycles. The standard InChI is InChI=1S/C21H24N2O5S2/c1-28-20(25)18-13-29-21(22-18)23-19(24)17(12-7-14-5-3-4-6-14)15-8-10-16(11-9-15)30(2,26)27/h8-14H,3-7H2,1-2H3,(H,22,23,24). The number of rotatable bonds is 7. The highest BCUT2D eigenvalue weighted by Crippen LogP contribution is 2.30. The molecule has 0 aliphatic heterocycles. The van der Waals surface area contributed by atoms with Gasteiger partial charge >= 0.3 is 5.97 Å². The number of methoxy groups -OCH3 is 1. The van der Waals surface area contributed by atoms with Gasteiger partial charge in [-0.25, -0.2) is 18.2 Å². The van der Waals surface area contributed by atoms with E-state index in [1.165, 1.54) is 37.5 Å². The van der Waals surface area contributed by atoms with Crippen molar-refractivity contribution in [2.45, 2.75) is 37.0 Å². The van der Waals surface area contributed by atoms with Gasteiger partial charge in [0.05, 0.1) is 12.0 Å². The maximum absolute atomic E-state index is 13.0. The van der Waals surface area contributed by atoms with Crippen molar-refractivity contribution in [2.75, 3.05) is 18.7 Å². The van der Waals surface area contributed by atoms with Crippen LogP contribution in [0.25, 0.3) is 5.57 Å². The zero-order valence-corrected chi connectivity index (χ0v) is 18.5. The summed E-state index contributed by atoms with van der Waals surface area (Å²) in [5.41, 5.74) is 1.21. The number of carbonyl (C=O) groups excluding carboxylic acids is 2. The van der Waals surface area contributed by atoms with Crippen LogP contribution in [0.4, 0.5) is 5.13 Å². The highest BCUT2D eigenvalue weighted by atomic mass is 32.2. The van der Waals surface area contributed by atoms with E-state index in [1.807, 2.05) is 6.08 Å². The number of hydrogen-bond donors (Lipinski definition) is 1. The summed E-state index contributed by atoms with van der Waals surface area (Å²) in [4.78, 5) is 28.9. The molecule has 160 valence electrons. The van der Waals surface area contributed by atoms with Crippen LogP contribution >= 0.6 is 11.3 Å². The number of hydrogen-bond acceptors (Lipinski definition) is 7. The van der Waals surface area contributed by atoms with Gasteiger partial charge < -0.3 is 4.74 Å². The summed E-state index contributed by atoms with van der Waals surface area (Å²) in [7, 11) is -2.05. The summed E-state index contributed by atoms with van der Waals surface area (Å²) in [5.74, 6) is -0.375. The normalized spacial score (nSPS) is 15.2. The van der Waals surface area contributed by atoms with Gasteiger partial charge in [0.2, 0.25) is 0 Å². The SMILES string of the molecule is COC(=O)c1csc(NC(=O)C(=CCC2CCCC2)c2ccc(S(C)(=O)=O)cc2)n1. The zero-order valence-electron chi connectivity index (χ0n) is 16.9. The monoisotopic (exact) mass is 448 g/mol. The number of aromatic nitrogens is 1. The Bertz CT molecular complexity index is 1050. The van der Waals surface area contributed by atoms with Crippen molar-refractivity contribution < 1.29 is 22.7 Å². The number of amides is 1. The molecular weight excluding hydrogens is 424 g/mol. The summed E-state index contributed by atoms with van der Waals surface area (Å²) in [5, 5.41) is 4.54. The van der Waals surface area contributed by atoms with E-state index in [-0.39, 0.29) is 16.5 Å². The van der Waals surface area contributed by atoms with Crippen LogP contribution in [0.15, 0.2) is 40.6 Å². The second kappa shape index (κ2) is 9.53. The van der Waals surface area contributed by atoms with Gasteiger partial charge in [-0.15, -0.1) is 11.3 Å². The number of nitrogens with zero attached hydrogens (tertiary/aromatic N) is 1. The molecule has 7 nitrogen and oxygen atoms in total. The first-order valence-electron chi connectivity index (χ1n) is 9.64. The van der Waals surface area contributed by atoms with Crippen molar-refractivity contribution in [3.63, 3.8) is 0 Å². The zero-order chi connectivity index (χ0) is 21.7. The lowest BCUT2D eigenvalue weighted by Gasteiger charge is -2.11. The Morgan fingerprint density at radius 3 is 2.50 bits per heavy atom. The lowest BCUT2D eigenvalue weighted by molar-refractivity contribution is -0.111. The highest BCUT2D eigenvalue weighted by molar-refractivity contribution is 7.90. The number of thiazole rings is 1. The minimum Gasteiger partial charge on any atom is -0.464 e. The molecule has 0 atom stereocenters. The van der Waals surface area contributed by atoms with Crippen molar-refractivity contribution >= 4 is 43.8 Å². The molecule has 0 radical (unpaired) electrons. The molecule has 1 saturated carbocycles. The van der Waals surface area contributed by atoms with Gasteiger partial charge in [0.15, 0.2) is 20.7 Å². The van der Waals surface area contributed by atoms with Crippen molar-refractivity contribution in [3.05, 3.63) is 47.0 Å². The second-order valence-electron chi connectivity index (χ2n) is 7.28. The second-order valence-corrected chi connectivity index (χ2v) is 10.2. The number of allylic oxidation sites excluding steroid dienone is 1. The molecule has 0 bridgehead atoms. The van der Waals surface area contributed by atoms with Crippen molar-refractivity contribution in [3.8, 4) is 0 Å². The van der Waals surface area contributed by atoms with Crippen LogP contribution in [0, 0.1) is 5.92 Å². The number of nitrogens with one attached hydrogen (secondary N) is 1. The van der Waals surface area contributed by atoms with Gasteiger partial charge in [0.25, 0.3) is 5.91 Å². The fourth-order valence-corrected chi connectivity index (χ4v) is 4.75. The molecular formula is C21H24N2O5S2. The Morgan fingerprint density at radius 1 is 1.23 bits per heavy atom. The summed E-state index contributed by atoms with van der Waals surface area (Å²) in [6.45, 7) is 0. The molecule has 0 unspecified atom stereocenters. The van der Waals surface area contributed by atoms with Crippen molar-refractivity contribution in [1.82, 2.24) is 4.98 Å². The molecule has 9 heteroatoms. The summed E-state index contributed by atoms with van der Waals surface area (Å²) in [6, 6.07) is 6.27. The number of benzene rings is 1. The van der Waals surface area contributed by atoms with Crippen LogP contribution in [0.2, 0.25) is 0 Å². The van der Waals surface area contributed by atoms with Crippen LogP contribution in [0.5, 0.6) is 0 Å². The minimum absolute atomic E-state index is 0.131. The molecule has 1 heterocycles. The Balaban J connectivity index is 1.84. The maximum Gasteiger partial charge on any atom is 0.357 e. The van der Waals surface area contributed by atoms with E-state index in [9.17, 15) is 18.0 Å². The quantitative estimate of drug-likeness (QED) is 0.508. The minimum atomic E-state index is -3.32. The number of anilines is 1. The third kappa shape index (κ3) is 5.54. The number of ether oxygens (including phenoxy) is 1. The van der Waals surface area contributed by atoms with Gasteiger partial charge in [-0.05, 0) is 30.0 Å². The van der Waals surface area contributed by atoms with E-state index in [4.69, 9.17) is 0 Å². The number of sulfone groups is 1. The highest BCUT2D eigenvalue weighted by Gasteiger charge is 2.19. The third-order valence-corrected chi connectivity index (χ3v) is 6.97. The Hall–Kier alpha value is -2.52. The van der Waals surface area contributed by atoms with Gasteiger partial charge in [-0.3, -0.25) is 10.1 Å².